The van der Waals surface area contributed by atoms with Crippen LogP contribution in [0.3, 0.4) is 0 Å². The van der Waals surface area contributed by atoms with Crippen LogP contribution in [0.5, 0.6) is 0 Å². The Labute approximate surface area is 323 Å². The van der Waals surface area contributed by atoms with Crippen molar-refractivity contribution in [2.24, 2.45) is 0 Å². The molecule has 10 aromatic rings. The molecule has 0 spiro atoms. The van der Waals surface area contributed by atoms with Crippen molar-refractivity contribution in [2.45, 2.75) is 0 Å². The standard InChI is InChI=1S/C49H29N5O/c1-50-41-25-22-33(23-26-41)46-52-47(54-48(53-46)40-21-20-31-10-5-6-13-35(31)29-40)39-18-8-16-37(30-39)36-15-7-17-38(28-36)42-19-9-14-32-24-27-43-45(44(32)42)55-49(51-43)34-11-3-2-4-12-34/h2-30H/i2D,3D,4D,11D,12D. The predicted octanol–water partition coefficient (Wildman–Crippen LogP) is 12.9. The summed E-state index contributed by atoms with van der Waals surface area (Å²) in [6.07, 6.45) is 0. The molecular formula is C49H29N5O. The number of rotatable bonds is 6. The van der Waals surface area contributed by atoms with E-state index in [1.807, 2.05) is 97.1 Å². The van der Waals surface area contributed by atoms with Crippen LogP contribution in [0, 0.1) is 6.57 Å². The highest BCUT2D eigenvalue weighted by atomic mass is 16.3. The van der Waals surface area contributed by atoms with Crippen LogP contribution in [0.25, 0.3) is 105 Å². The molecule has 0 aliphatic rings. The second-order valence-corrected chi connectivity index (χ2v) is 13.0. The molecule has 55 heavy (non-hydrogen) atoms. The van der Waals surface area contributed by atoms with E-state index in [9.17, 15) is 0 Å². The Balaban J connectivity index is 1.07. The topological polar surface area (TPSA) is 69.1 Å². The first-order valence-electron chi connectivity index (χ1n) is 20.1. The van der Waals surface area contributed by atoms with E-state index < -0.39 is 18.1 Å². The van der Waals surface area contributed by atoms with Crippen molar-refractivity contribution < 1.29 is 11.3 Å². The Bertz CT molecular complexity index is 3380. The zero-order chi connectivity index (χ0) is 41.1. The maximum Gasteiger partial charge on any atom is 0.227 e. The van der Waals surface area contributed by atoms with Crippen LogP contribution in [0.2, 0.25) is 0 Å². The Kier molecular flexibility index (Phi) is 6.54. The molecule has 0 unspecified atom stereocenters. The Morgan fingerprint density at radius 2 is 1.07 bits per heavy atom. The third-order valence-corrected chi connectivity index (χ3v) is 9.64. The smallest absolute Gasteiger partial charge is 0.227 e. The fourth-order valence-corrected chi connectivity index (χ4v) is 6.94. The first kappa shape index (κ1) is 26.9. The Morgan fingerprint density at radius 3 is 1.84 bits per heavy atom. The van der Waals surface area contributed by atoms with Gasteiger partial charge in [0, 0.05) is 27.6 Å². The van der Waals surface area contributed by atoms with Crippen LogP contribution < -0.4 is 0 Å². The normalized spacial score (nSPS) is 12.5. The van der Waals surface area contributed by atoms with E-state index in [1.165, 1.54) is 0 Å². The molecule has 0 aliphatic carbocycles. The SMILES string of the molecule is [2H]c1c([2H])c([2H])c(-c2nc3ccc4cccc(-c5cccc(-c6cccc(-c7nc(-c8ccc([N+]#[C-])cc8)nc(-c8ccc9ccccc9c8)n7)c6)c5)c4c3o2)c([2H])c1[2H]. The molecule has 256 valence electrons. The molecule has 0 fully saturated rings. The Morgan fingerprint density at radius 1 is 0.473 bits per heavy atom. The molecule has 0 atom stereocenters. The fraction of sp³-hybridized carbons (Fsp3) is 0. The first-order valence-corrected chi connectivity index (χ1v) is 17.6. The summed E-state index contributed by atoms with van der Waals surface area (Å²) in [5, 5.41) is 3.88. The van der Waals surface area contributed by atoms with Crippen LogP contribution in [0.4, 0.5) is 5.69 Å². The highest BCUT2D eigenvalue weighted by Gasteiger charge is 2.17. The lowest BCUT2D eigenvalue weighted by Crippen LogP contribution is -2.00. The van der Waals surface area contributed by atoms with Gasteiger partial charge in [0.25, 0.3) is 0 Å². The van der Waals surface area contributed by atoms with E-state index in [4.69, 9.17) is 32.8 Å². The van der Waals surface area contributed by atoms with Crippen molar-refractivity contribution >= 4 is 38.3 Å². The predicted molar refractivity (Wildman–Crippen MR) is 221 cm³/mol. The molecule has 0 N–H and O–H groups in total. The van der Waals surface area contributed by atoms with Gasteiger partial charge in [-0.3, -0.25) is 0 Å². The van der Waals surface area contributed by atoms with Crippen molar-refractivity contribution in [3.8, 4) is 67.9 Å². The summed E-state index contributed by atoms with van der Waals surface area (Å²) in [6.45, 7) is 7.41. The number of aromatic nitrogens is 4. The lowest BCUT2D eigenvalue weighted by Gasteiger charge is -2.12. The van der Waals surface area contributed by atoms with Crippen molar-refractivity contribution in [1.82, 2.24) is 19.9 Å². The second kappa shape index (κ2) is 13.3. The number of hydrogen-bond acceptors (Lipinski definition) is 5. The summed E-state index contributed by atoms with van der Waals surface area (Å²) >= 11 is 0. The van der Waals surface area contributed by atoms with E-state index in [2.05, 4.69) is 46.2 Å². The average Bonchev–Trinajstić information content (AvgIpc) is 3.74. The summed E-state index contributed by atoms with van der Waals surface area (Å²) in [6, 6.07) is 45.4. The van der Waals surface area contributed by atoms with Crippen LogP contribution in [0.15, 0.2) is 180 Å². The minimum Gasteiger partial charge on any atom is -0.435 e. The van der Waals surface area contributed by atoms with Gasteiger partial charge in [-0.05, 0) is 74.8 Å². The van der Waals surface area contributed by atoms with Gasteiger partial charge >= 0.3 is 0 Å². The summed E-state index contributed by atoms with van der Waals surface area (Å²) in [5.74, 6) is 1.50. The first-order chi connectivity index (χ1) is 29.2. The largest absolute Gasteiger partial charge is 0.435 e. The van der Waals surface area contributed by atoms with Crippen LogP contribution in [0.1, 0.15) is 6.85 Å². The molecule has 0 amide bonds. The molecule has 6 nitrogen and oxygen atoms in total. The number of nitrogens with zero attached hydrogens (tertiary/aromatic N) is 5. The number of oxazole rings is 1. The lowest BCUT2D eigenvalue weighted by atomic mass is 9.94. The Hall–Kier alpha value is -7.75. The van der Waals surface area contributed by atoms with Gasteiger partial charge in [-0.25, -0.2) is 24.8 Å². The summed E-state index contributed by atoms with van der Waals surface area (Å²) in [4.78, 5) is 23.0. The lowest BCUT2D eigenvalue weighted by molar-refractivity contribution is 0.623. The monoisotopic (exact) mass is 708 g/mol. The van der Waals surface area contributed by atoms with Gasteiger partial charge in [-0.1, -0.05) is 139 Å². The number of hydrogen-bond donors (Lipinski definition) is 0. The third-order valence-electron chi connectivity index (χ3n) is 9.64. The van der Waals surface area contributed by atoms with E-state index in [-0.39, 0.29) is 23.5 Å². The molecule has 10 rings (SSSR count). The van der Waals surface area contributed by atoms with Gasteiger partial charge < -0.3 is 4.42 Å². The van der Waals surface area contributed by atoms with Crippen molar-refractivity contribution in [2.75, 3.05) is 0 Å². The fourth-order valence-electron chi connectivity index (χ4n) is 6.94. The van der Waals surface area contributed by atoms with E-state index in [0.29, 0.717) is 34.3 Å². The van der Waals surface area contributed by atoms with Crippen LogP contribution in [-0.4, -0.2) is 19.9 Å². The van der Waals surface area contributed by atoms with Gasteiger partial charge in [0.2, 0.25) is 5.89 Å². The number of fused-ring (bicyclic) bond motifs is 4. The van der Waals surface area contributed by atoms with Gasteiger partial charge in [0.1, 0.15) is 5.52 Å². The van der Waals surface area contributed by atoms with Gasteiger partial charge in [0.05, 0.1) is 13.4 Å². The third kappa shape index (κ3) is 5.96. The molecule has 0 bridgehead atoms. The maximum atomic E-state index is 8.51. The minimum absolute atomic E-state index is 0.0412. The summed E-state index contributed by atoms with van der Waals surface area (Å²) in [5.41, 5.74) is 7.53. The molecule has 6 heteroatoms. The second-order valence-electron chi connectivity index (χ2n) is 13.0. The maximum absolute atomic E-state index is 8.51. The molecule has 0 saturated heterocycles. The highest BCUT2D eigenvalue weighted by molar-refractivity contribution is 6.11. The van der Waals surface area contributed by atoms with Gasteiger partial charge in [-0.15, -0.1) is 0 Å². The highest BCUT2D eigenvalue weighted by Crippen LogP contribution is 2.38. The molecule has 0 saturated carbocycles. The quantitative estimate of drug-likeness (QED) is 0.161. The van der Waals surface area contributed by atoms with Crippen molar-refractivity contribution in [3.63, 3.8) is 0 Å². The van der Waals surface area contributed by atoms with E-state index >= 15 is 0 Å². The molecule has 0 aliphatic heterocycles. The van der Waals surface area contributed by atoms with E-state index in [0.717, 1.165) is 60.5 Å². The van der Waals surface area contributed by atoms with Crippen molar-refractivity contribution in [1.29, 1.82) is 0 Å². The van der Waals surface area contributed by atoms with Crippen LogP contribution in [-0.2, 0) is 0 Å². The molecule has 0 radical (unpaired) electrons. The average molecular weight is 709 g/mol. The van der Waals surface area contributed by atoms with Crippen molar-refractivity contribution in [3.05, 3.63) is 187 Å². The summed E-state index contributed by atoms with van der Waals surface area (Å²) < 4.78 is 47.7. The minimum atomic E-state index is -0.476. The van der Waals surface area contributed by atoms with Gasteiger partial charge in [0.15, 0.2) is 28.7 Å². The molecular weight excluding hydrogens is 675 g/mol. The van der Waals surface area contributed by atoms with E-state index in [1.54, 1.807) is 12.1 Å². The molecule has 2 heterocycles. The molecule has 8 aromatic carbocycles. The molecule has 2 aromatic heterocycles. The van der Waals surface area contributed by atoms with Crippen LogP contribution >= 0.6 is 0 Å². The number of benzene rings is 8. The zero-order valence-corrected chi connectivity index (χ0v) is 29.0. The zero-order valence-electron chi connectivity index (χ0n) is 34.0. The summed E-state index contributed by atoms with van der Waals surface area (Å²) in [7, 11) is 0. The van der Waals surface area contributed by atoms with Gasteiger partial charge in [-0.2, -0.15) is 0 Å².